The predicted molar refractivity (Wildman–Crippen MR) is 76.3 cm³/mol. The van der Waals surface area contributed by atoms with Crippen molar-refractivity contribution < 1.29 is 19.5 Å². The molecule has 0 saturated heterocycles. The lowest BCUT2D eigenvalue weighted by Crippen LogP contribution is -2.45. The van der Waals surface area contributed by atoms with Crippen molar-refractivity contribution in [1.82, 2.24) is 5.32 Å². The van der Waals surface area contributed by atoms with Crippen molar-refractivity contribution in [3.63, 3.8) is 0 Å². The fourth-order valence-electron chi connectivity index (χ4n) is 1.44. The number of carboxylic acid groups (broad SMARTS) is 1. The van der Waals surface area contributed by atoms with Crippen LogP contribution in [0.3, 0.4) is 0 Å². The molecule has 1 aromatic rings. The first-order valence-electron chi connectivity index (χ1n) is 5.64. The van der Waals surface area contributed by atoms with Crippen molar-refractivity contribution in [3.8, 4) is 0 Å². The lowest BCUT2D eigenvalue weighted by Gasteiger charge is -2.14. The first-order valence-corrected chi connectivity index (χ1v) is 6.43. The lowest BCUT2D eigenvalue weighted by atomic mass is 10.2. The Morgan fingerprint density at radius 2 is 2.05 bits per heavy atom. The molecule has 3 amide bonds. The van der Waals surface area contributed by atoms with Crippen LogP contribution in [0.1, 0.15) is 12.0 Å². The largest absolute Gasteiger partial charge is 0.480 e. The number of aryl methyl sites for hydroxylation is 1. The van der Waals surface area contributed by atoms with Crippen LogP contribution >= 0.6 is 15.9 Å². The molecule has 20 heavy (non-hydrogen) atoms. The SMILES string of the molecule is Cc1ccc(NC(=O)N[C@@H](CC(N)=O)C(=O)O)c(Br)c1. The summed E-state index contributed by atoms with van der Waals surface area (Å²) >= 11 is 3.28. The maximum absolute atomic E-state index is 11.7. The molecule has 0 aliphatic heterocycles. The molecule has 5 N–H and O–H groups in total. The number of aliphatic carboxylic acids is 1. The number of carboxylic acids is 1. The molecule has 1 aromatic carbocycles. The fraction of sp³-hybridized carbons (Fsp3) is 0.250. The van der Waals surface area contributed by atoms with E-state index in [9.17, 15) is 14.4 Å². The number of nitrogens with two attached hydrogens (primary N) is 1. The van der Waals surface area contributed by atoms with Crippen LogP contribution in [0, 0.1) is 6.92 Å². The van der Waals surface area contributed by atoms with Crippen molar-refractivity contribution in [1.29, 1.82) is 0 Å². The summed E-state index contributed by atoms with van der Waals surface area (Å²) in [6.07, 6.45) is -0.474. The van der Waals surface area contributed by atoms with E-state index < -0.39 is 30.4 Å². The molecule has 1 rings (SSSR count). The maximum atomic E-state index is 11.7. The average molecular weight is 344 g/mol. The van der Waals surface area contributed by atoms with Gasteiger partial charge in [-0.2, -0.15) is 0 Å². The summed E-state index contributed by atoms with van der Waals surface area (Å²) in [6.45, 7) is 1.89. The topological polar surface area (TPSA) is 122 Å². The van der Waals surface area contributed by atoms with Gasteiger partial charge in [-0.3, -0.25) is 4.79 Å². The van der Waals surface area contributed by atoms with Gasteiger partial charge in [-0.05, 0) is 40.5 Å². The molecule has 0 unspecified atom stereocenters. The summed E-state index contributed by atoms with van der Waals surface area (Å²) in [5, 5.41) is 13.5. The lowest BCUT2D eigenvalue weighted by molar-refractivity contribution is -0.140. The Hall–Kier alpha value is -2.09. The van der Waals surface area contributed by atoms with Gasteiger partial charge in [0.15, 0.2) is 0 Å². The van der Waals surface area contributed by atoms with Crippen molar-refractivity contribution in [2.75, 3.05) is 5.32 Å². The van der Waals surface area contributed by atoms with Gasteiger partial charge >= 0.3 is 12.0 Å². The number of primary amides is 1. The Morgan fingerprint density at radius 1 is 1.40 bits per heavy atom. The summed E-state index contributed by atoms with van der Waals surface area (Å²) in [7, 11) is 0. The number of urea groups is 1. The minimum Gasteiger partial charge on any atom is -0.480 e. The van der Waals surface area contributed by atoms with E-state index in [2.05, 4.69) is 26.6 Å². The Labute approximate surface area is 123 Å². The number of anilines is 1. The smallest absolute Gasteiger partial charge is 0.326 e. The standard InChI is InChI=1S/C12H14BrN3O4/c1-6-2-3-8(7(13)4-6)15-12(20)16-9(11(18)19)5-10(14)17/h2-4,9H,5H2,1H3,(H2,14,17)(H,18,19)(H2,15,16,20)/t9-/m0/s1. The van der Waals surface area contributed by atoms with Crippen LogP contribution in [0.2, 0.25) is 0 Å². The van der Waals surface area contributed by atoms with Crippen molar-refractivity contribution in [2.24, 2.45) is 5.73 Å². The third-order valence-corrected chi connectivity index (χ3v) is 3.04. The third-order valence-electron chi connectivity index (χ3n) is 2.38. The number of hydrogen-bond acceptors (Lipinski definition) is 3. The molecule has 0 bridgehead atoms. The molecule has 0 saturated carbocycles. The Balaban J connectivity index is 2.70. The molecule has 0 fully saturated rings. The molecular formula is C12H14BrN3O4. The molecule has 0 heterocycles. The number of hydrogen-bond donors (Lipinski definition) is 4. The van der Waals surface area contributed by atoms with Crippen molar-refractivity contribution in [2.45, 2.75) is 19.4 Å². The van der Waals surface area contributed by atoms with E-state index in [1.165, 1.54) is 0 Å². The van der Waals surface area contributed by atoms with Crippen LogP contribution in [-0.2, 0) is 9.59 Å². The zero-order valence-electron chi connectivity index (χ0n) is 10.6. The zero-order valence-corrected chi connectivity index (χ0v) is 12.2. The number of halogens is 1. The average Bonchev–Trinajstić information content (AvgIpc) is 2.31. The van der Waals surface area contributed by atoms with E-state index in [4.69, 9.17) is 10.8 Å². The van der Waals surface area contributed by atoms with Gasteiger partial charge in [0.25, 0.3) is 0 Å². The Morgan fingerprint density at radius 3 is 2.55 bits per heavy atom. The van der Waals surface area contributed by atoms with Gasteiger partial charge in [0.1, 0.15) is 6.04 Å². The molecule has 0 aliphatic rings. The van der Waals surface area contributed by atoms with Gasteiger partial charge in [-0.15, -0.1) is 0 Å². The van der Waals surface area contributed by atoms with E-state index in [0.29, 0.717) is 10.2 Å². The Kier molecular flexibility index (Phi) is 5.51. The van der Waals surface area contributed by atoms with Crippen LogP contribution in [0.25, 0.3) is 0 Å². The first-order chi connectivity index (χ1) is 9.29. The first kappa shape index (κ1) is 16.0. The second-order valence-corrected chi connectivity index (χ2v) is 5.00. The molecule has 0 radical (unpaired) electrons. The highest BCUT2D eigenvalue weighted by molar-refractivity contribution is 9.10. The predicted octanol–water partition coefficient (Wildman–Crippen LogP) is 1.21. The Bertz CT molecular complexity index is 548. The van der Waals surface area contributed by atoms with E-state index in [1.54, 1.807) is 18.2 Å². The third kappa shape index (κ3) is 4.88. The molecular weight excluding hydrogens is 330 g/mol. The summed E-state index contributed by atoms with van der Waals surface area (Å²) < 4.78 is 0.662. The maximum Gasteiger partial charge on any atom is 0.326 e. The van der Waals surface area contributed by atoms with Crippen LogP contribution < -0.4 is 16.4 Å². The van der Waals surface area contributed by atoms with Gasteiger partial charge in [-0.1, -0.05) is 6.07 Å². The quantitative estimate of drug-likeness (QED) is 0.641. The van der Waals surface area contributed by atoms with Gasteiger partial charge in [0.2, 0.25) is 5.91 Å². The number of carbonyl (C=O) groups is 3. The number of carbonyl (C=O) groups excluding carboxylic acids is 2. The summed E-state index contributed by atoms with van der Waals surface area (Å²) in [6, 6.07) is 3.16. The van der Waals surface area contributed by atoms with Crippen LogP contribution in [0.5, 0.6) is 0 Å². The minimum absolute atomic E-state index is 0.474. The van der Waals surface area contributed by atoms with Crippen molar-refractivity contribution in [3.05, 3.63) is 28.2 Å². The number of benzene rings is 1. The zero-order chi connectivity index (χ0) is 15.3. The van der Waals surface area contributed by atoms with E-state index in [1.807, 2.05) is 6.92 Å². The highest BCUT2D eigenvalue weighted by atomic mass is 79.9. The fourth-order valence-corrected chi connectivity index (χ4v) is 2.03. The van der Waals surface area contributed by atoms with Crippen LogP contribution in [-0.4, -0.2) is 29.1 Å². The number of amides is 3. The molecule has 108 valence electrons. The van der Waals surface area contributed by atoms with Gasteiger partial charge < -0.3 is 21.5 Å². The molecule has 7 nitrogen and oxygen atoms in total. The van der Waals surface area contributed by atoms with Crippen LogP contribution in [0.15, 0.2) is 22.7 Å². The van der Waals surface area contributed by atoms with E-state index in [-0.39, 0.29) is 0 Å². The van der Waals surface area contributed by atoms with E-state index in [0.717, 1.165) is 5.56 Å². The molecule has 1 atom stereocenters. The summed E-state index contributed by atoms with van der Waals surface area (Å²) in [5.41, 5.74) is 6.40. The van der Waals surface area contributed by atoms with Gasteiger partial charge in [-0.25, -0.2) is 9.59 Å². The van der Waals surface area contributed by atoms with E-state index >= 15 is 0 Å². The van der Waals surface area contributed by atoms with Gasteiger partial charge in [0.05, 0.1) is 12.1 Å². The molecule has 0 aromatic heterocycles. The normalized spacial score (nSPS) is 11.5. The second-order valence-electron chi connectivity index (χ2n) is 4.14. The molecule has 0 aliphatic carbocycles. The molecule has 8 heteroatoms. The summed E-state index contributed by atoms with van der Waals surface area (Å²) in [4.78, 5) is 33.3. The highest BCUT2D eigenvalue weighted by Gasteiger charge is 2.22. The minimum atomic E-state index is -1.36. The second kappa shape index (κ2) is 6.90. The molecule has 0 spiro atoms. The number of rotatable bonds is 5. The number of nitrogens with one attached hydrogen (secondary N) is 2. The summed E-state index contributed by atoms with van der Waals surface area (Å²) in [5.74, 6) is -2.14. The van der Waals surface area contributed by atoms with Crippen molar-refractivity contribution >= 4 is 39.5 Å². The van der Waals surface area contributed by atoms with Crippen LogP contribution in [0.4, 0.5) is 10.5 Å². The highest BCUT2D eigenvalue weighted by Crippen LogP contribution is 2.23. The van der Waals surface area contributed by atoms with Gasteiger partial charge in [0, 0.05) is 4.47 Å². The monoisotopic (exact) mass is 343 g/mol.